The van der Waals surface area contributed by atoms with Crippen molar-refractivity contribution in [3.05, 3.63) is 65.1 Å². The fraction of sp³-hybridized carbons (Fsp3) is 0.0625. The molecule has 0 amide bonds. The van der Waals surface area contributed by atoms with Gasteiger partial charge in [-0.3, -0.25) is 4.98 Å². The predicted octanol–water partition coefficient (Wildman–Crippen LogP) is 5.13. The molecule has 4 heteroatoms. The summed E-state index contributed by atoms with van der Waals surface area (Å²) in [7, 11) is 0. The third kappa shape index (κ3) is 2.58. The second kappa shape index (κ2) is 5.10. The van der Waals surface area contributed by atoms with E-state index in [2.05, 4.69) is 4.98 Å². The lowest BCUT2D eigenvalue weighted by atomic mass is 10.2. The molecular weight excluding hydrogens is 277 g/mol. The van der Waals surface area contributed by atoms with Gasteiger partial charge in [0.05, 0.1) is 10.5 Å². The number of nitrogens with zero attached hydrogens (tertiary/aromatic N) is 1. The van der Waals surface area contributed by atoms with Gasteiger partial charge in [-0.15, -0.1) is 0 Å². The van der Waals surface area contributed by atoms with Gasteiger partial charge in [-0.1, -0.05) is 11.6 Å². The van der Waals surface area contributed by atoms with Gasteiger partial charge >= 0.3 is 0 Å². The quantitative estimate of drug-likeness (QED) is 0.652. The largest absolute Gasteiger partial charge is 0.457 e. The highest BCUT2D eigenvalue weighted by Crippen LogP contribution is 2.29. The first-order valence-electron chi connectivity index (χ1n) is 6.12. The molecule has 0 N–H and O–H groups in total. The van der Waals surface area contributed by atoms with Crippen LogP contribution >= 0.6 is 11.6 Å². The van der Waals surface area contributed by atoms with E-state index in [4.69, 9.17) is 16.3 Å². The molecule has 0 aliphatic carbocycles. The van der Waals surface area contributed by atoms with Crippen LogP contribution in [0.4, 0.5) is 4.39 Å². The van der Waals surface area contributed by atoms with Crippen molar-refractivity contribution in [1.29, 1.82) is 0 Å². The summed E-state index contributed by atoms with van der Waals surface area (Å²) < 4.78 is 18.5. The van der Waals surface area contributed by atoms with E-state index >= 15 is 0 Å². The molecule has 0 aliphatic heterocycles. The molecule has 0 aliphatic rings. The summed E-state index contributed by atoms with van der Waals surface area (Å²) in [5.41, 5.74) is 1.69. The van der Waals surface area contributed by atoms with Crippen molar-refractivity contribution in [3.8, 4) is 11.5 Å². The highest BCUT2D eigenvalue weighted by Gasteiger charge is 2.05. The Labute approximate surface area is 120 Å². The number of fused-ring (bicyclic) bond motifs is 1. The van der Waals surface area contributed by atoms with Crippen LogP contribution in [-0.2, 0) is 0 Å². The van der Waals surface area contributed by atoms with Crippen molar-refractivity contribution in [3.63, 3.8) is 0 Å². The molecular formula is C16H11ClFNO. The summed E-state index contributed by atoms with van der Waals surface area (Å²) >= 11 is 6.21. The molecule has 3 aromatic rings. The van der Waals surface area contributed by atoms with Gasteiger partial charge in [0.25, 0.3) is 0 Å². The van der Waals surface area contributed by atoms with Crippen LogP contribution < -0.4 is 4.74 Å². The van der Waals surface area contributed by atoms with Crippen LogP contribution in [0.5, 0.6) is 11.5 Å². The number of rotatable bonds is 2. The Bertz CT molecular complexity index is 771. The molecule has 0 saturated carbocycles. The average Bonchev–Trinajstić information content (AvgIpc) is 2.42. The number of hydrogen-bond acceptors (Lipinski definition) is 2. The van der Waals surface area contributed by atoms with E-state index in [0.29, 0.717) is 16.5 Å². The van der Waals surface area contributed by atoms with Crippen molar-refractivity contribution in [1.82, 2.24) is 4.98 Å². The van der Waals surface area contributed by atoms with Gasteiger partial charge < -0.3 is 4.74 Å². The molecule has 2 aromatic carbocycles. The maximum atomic E-state index is 12.8. The lowest BCUT2D eigenvalue weighted by molar-refractivity contribution is 0.481. The summed E-state index contributed by atoms with van der Waals surface area (Å²) in [5.74, 6) is 0.914. The first-order valence-corrected chi connectivity index (χ1v) is 6.50. The van der Waals surface area contributed by atoms with E-state index < -0.39 is 0 Å². The van der Waals surface area contributed by atoms with Gasteiger partial charge in [-0.25, -0.2) is 4.39 Å². The second-order valence-electron chi connectivity index (χ2n) is 4.48. The van der Waals surface area contributed by atoms with Crippen LogP contribution in [0, 0.1) is 12.7 Å². The van der Waals surface area contributed by atoms with E-state index in [1.165, 1.54) is 12.1 Å². The molecule has 0 unspecified atom stereocenters. The monoisotopic (exact) mass is 287 g/mol. The zero-order valence-corrected chi connectivity index (χ0v) is 11.5. The summed E-state index contributed by atoms with van der Waals surface area (Å²) in [6, 6.07) is 13.2. The van der Waals surface area contributed by atoms with E-state index in [-0.39, 0.29) is 5.82 Å². The Hall–Kier alpha value is -2.13. The number of aryl methyl sites for hydroxylation is 1. The van der Waals surface area contributed by atoms with E-state index in [0.717, 1.165) is 16.6 Å². The van der Waals surface area contributed by atoms with Crippen molar-refractivity contribution >= 4 is 22.5 Å². The molecule has 1 aromatic heterocycles. The Morgan fingerprint density at radius 1 is 1.00 bits per heavy atom. The lowest BCUT2D eigenvalue weighted by Crippen LogP contribution is -1.88. The predicted molar refractivity (Wildman–Crippen MR) is 78.0 cm³/mol. The summed E-state index contributed by atoms with van der Waals surface area (Å²) in [6.07, 6.45) is 0. The van der Waals surface area contributed by atoms with Crippen molar-refractivity contribution in [2.45, 2.75) is 6.92 Å². The van der Waals surface area contributed by atoms with Crippen molar-refractivity contribution < 1.29 is 9.13 Å². The number of hydrogen-bond donors (Lipinski definition) is 0. The van der Waals surface area contributed by atoms with Crippen LogP contribution in [-0.4, -0.2) is 4.98 Å². The smallest absolute Gasteiger partial charge is 0.128 e. The summed E-state index contributed by atoms with van der Waals surface area (Å²) in [4.78, 5) is 4.41. The zero-order chi connectivity index (χ0) is 14.1. The molecule has 0 spiro atoms. The van der Waals surface area contributed by atoms with E-state index in [1.54, 1.807) is 12.1 Å². The van der Waals surface area contributed by atoms with Crippen molar-refractivity contribution in [2.75, 3.05) is 0 Å². The highest BCUT2D eigenvalue weighted by molar-refractivity contribution is 6.35. The highest BCUT2D eigenvalue weighted by atomic mass is 35.5. The molecule has 0 atom stereocenters. The van der Waals surface area contributed by atoms with E-state index in [9.17, 15) is 4.39 Å². The average molecular weight is 288 g/mol. The molecule has 2 nitrogen and oxygen atoms in total. The maximum Gasteiger partial charge on any atom is 0.128 e. The van der Waals surface area contributed by atoms with Crippen LogP contribution in [0.3, 0.4) is 0 Å². The van der Waals surface area contributed by atoms with Crippen LogP contribution in [0.2, 0.25) is 5.02 Å². The van der Waals surface area contributed by atoms with Gasteiger partial charge in [0, 0.05) is 11.1 Å². The summed E-state index contributed by atoms with van der Waals surface area (Å²) in [5, 5.41) is 1.47. The molecule has 0 saturated heterocycles. The number of benzene rings is 2. The van der Waals surface area contributed by atoms with Gasteiger partial charge in [-0.05, 0) is 55.5 Å². The second-order valence-corrected chi connectivity index (χ2v) is 4.89. The van der Waals surface area contributed by atoms with Gasteiger partial charge in [0.1, 0.15) is 17.3 Å². The molecule has 3 rings (SSSR count). The lowest BCUT2D eigenvalue weighted by Gasteiger charge is -2.08. The fourth-order valence-corrected chi connectivity index (χ4v) is 2.30. The summed E-state index contributed by atoms with van der Waals surface area (Å²) in [6.45, 7) is 1.90. The number of halogens is 2. The molecule has 20 heavy (non-hydrogen) atoms. The third-order valence-corrected chi connectivity index (χ3v) is 3.22. The molecule has 0 fully saturated rings. The Balaban J connectivity index is 1.98. The minimum atomic E-state index is -0.293. The normalized spacial score (nSPS) is 10.8. The first kappa shape index (κ1) is 12.9. The molecule has 100 valence electrons. The Morgan fingerprint density at radius 2 is 1.70 bits per heavy atom. The molecule has 0 bridgehead atoms. The van der Waals surface area contributed by atoms with Crippen LogP contribution in [0.15, 0.2) is 48.5 Å². The number of ether oxygens (including phenoxy) is 1. The fourth-order valence-electron chi connectivity index (χ4n) is 1.99. The van der Waals surface area contributed by atoms with Gasteiger partial charge in [0.2, 0.25) is 0 Å². The van der Waals surface area contributed by atoms with Gasteiger partial charge in [0.15, 0.2) is 0 Å². The zero-order valence-electron chi connectivity index (χ0n) is 10.7. The Kier molecular flexibility index (Phi) is 3.28. The van der Waals surface area contributed by atoms with Crippen molar-refractivity contribution in [2.24, 2.45) is 0 Å². The van der Waals surface area contributed by atoms with Crippen LogP contribution in [0.25, 0.3) is 10.9 Å². The Morgan fingerprint density at radius 3 is 2.45 bits per heavy atom. The van der Waals surface area contributed by atoms with E-state index in [1.807, 2.05) is 31.2 Å². The maximum absolute atomic E-state index is 12.8. The SMILES string of the molecule is Cc1cc(Cl)c2cc(Oc3ccc(F)cc3)ccc2n1. The minimum absolute atomic E-state index is 0.293. The molecule has 0 radical (unpaired) electrons. The first-order chi connectivity index (χ1) is 9.61. The number of pyridine rings is 1. The minimum Gasteiger partial charge on any atom is -0.457 e. The molecule has 1 heterocycles. The standard InChI is InChI=1S/C16H11ClFNO/c1-10-8-15(17)14-9-13(6-7-16(14)19-10)20-12-4-2-11(18)3-5-12/h2-9H,1H3. The topological polar surface area (TPSA) is 22.1 Å². The third-order valence-electron chi connectivity index (χ3n) is 2.91. The number of aromatic nitrogens is 1. The van der Waals surface area contributed by atoms with Crippen LogP contribution in [0.1, 0.15) is 5.69 Å². The van der Waals surface area contributed by atoms with Gasteiger partial charge in [-0.2, -0.15) is 0 Å².